The van der Waals surface area contributed by atoms with Crippen LogP contribution in [0.5, 0.6) is 0 Å². The molecule has 0 unspecified atom stereocenters. The van der Waals surface area contributed by atoms with E-state index in [-0.39, 0.29) is 24.4 Å². The molecule has 0 spiro atoms. The number of aryl methyl sites for hydroxylation is 2. The lowest BCUT2D eigenvalue weighted by molar-refractivity contribution is -0.707. The van der Waals surface area contributed by atoms with Gasteiger partial charge in [0.1, 0.15) is 0 Å². The zero-order chi connectivity index (χ0) is 18.2. The molecule has 0 aromatic heterocycles. The molecule has 1 fully saturated rings. The maximum Gasteiger partial charge on any atom is 0.278 e. The van der Waals surface area contributed by atoms with Crippen LogP contribution in [-0.4, -0.2) is 30.4 Å². The van der Waals surface area contributed by atoms with Crippen molar-refractivity contribution < 1.29 is 14.9 Å². The molecule has 1 aromatic carbocycles. The van der Waals surface area contributed by atoms with E-state index in [4.69, 9.17) is 0 Å². The third kappa shape index (κ3) is 6.16. The highest BCUT2D eigenvalue weighted by atomic mass is 16.2. The molecule has 1 aliphatic carbocycles. The highest BCUT2D eigenvalue weighted by Crippen LogP contribution is 2.19. The minimum atomic E-state index is -0.188. The molecule has 5 heteroatoms. The standard InChI is InChI=1S/C20H31N3O2/c1-14-9-8-10-15(2)19(14)23-18(24)13-21-20(25)16(3)22-17-11-6-4-5-7-12-17/h8-10,16-17,22H,4-7,11-13H2,1-3H3,(H,21,25)(H,23,24)/p+1/t16-/m1/s1. The summed E-state index contributed by atoms with van der Waals surface area (Å²) in [5.41, 5.74) is 2.88. The second kappa shape index (κ2) is 9.56. The number of hydrogen-bond donors (Lipinski definition) is 3. The maximum absolute atomic E-state index is 12.3. The number of hydrogen-bond acceptors (Lipinski definition) is 2. The number of anilines is 1. The largest absolute Gasteiger partial charge is 0.342 e. The van der Waals surface area contributed by atoms with Gasteiger partial charge in [-0.15, -0.1) is 0 Å². The minimum Gasteiger partial charge on any atom is -0.342 e. The molecule has 5 nitrogen and oxygen atoms in total. The maximum atomic E-state index is 12.3. The lowest BCUT2D eigenvalue weighted by Gasteiger charge is -2.18. The van der Waals surface area contributed by atoms with Gasteiger partial charge in [-0.25, -0.2) is 0 Å². The lowest BCUT2D eigenvalue weighted by atomic mass is 10.1. The first-order chi connectivity index (χ1) is 12.0. The van der Waals surface area contributed by atoms with E-state index in [2.05, 4.69) is 16.0 Å². The number of rotatable bonds is 6. The Labute approximate surface area is 151 Å². The molecule has 1 saturated carbocycles. The molecule has 138 valence electrons. The topological polar surface area (TPSA) is 74.8 Å². The van der Waals surface area contributed by atoms with Gasteiger partial charge in [-0.05, 0) is 57.6 Å². The summed E-state index contributed by atoms with van der Waals surface area (Å²) in [5, 5.41) is 7.83. The third-order valence-electron chi connectivity index (χ3n) is 5.04. The number of carbonyl (C=O) groups excluding carboxylic acids is 2. The molecule has 2 amide bonds. The fourth-order valence-corrected chi connectivity index (χ4v) is 3.52. The van der Waals surface area contributed by atoms with Crippen LogP contribution in [0.4, 0.5) is 5.69 Å². The molecule has 4 N–H and O–H groups in total. The normalized spacial score (nSPS) is 16.8. The number of carbonyl (C=O) groups is 2. The van der Waals surface area contributed by atoms with E-state index >= 15 is 0 Å². The molecule has 1 aliphatic rings. The highest BCUT2D eigenvalue weighted by Gasteiger charge is 2.23. The van der Waals surface area contributed by atoms with Gasteiger partial charge in [0.2, 0.25) is 5.91 Å². The number of para-hydroxylation sites is 1. The summed E-state index contributed by atoms with van der Waals surface area (Å²) < 4.78 is 0. The molecule has 2 rings (SSSR count). The van der Waals surface area contributed by atoms with Crippen molar-refractivity contribution in [2.75, 3.05) is 11.9 Å². The zero-order valence-corrected chi connectivity index (χ0v) is 15.7. The average Bonchev–Trinajstić information content (AvgIpc) is 2.84. The fourth-order valence-electron chi connectivity index (χ4n) is 3.52. The summed E-state index contributed by atoms with van der Waals surface area (Å²) in [5.74, 6) is -0.256. The van der Waals surface area contributed by atoms with Crippen LogP contribution in [0.15, 0.2) is 18.2 Å². The molecule has 25 heavy (non-hydrogen) atoms. The summed E-state index contributed by atoms with van der Waals surface area (Å²) in [6, 6.07) is 6.27. The summed E-state index contributed by atoms with van der Waals surface area (Å²) in [7, 11) is 0. The molecule has 0 radical (unpaired) electrons. The Morgan fingerprint density at radius 2 is 1.72 bits per heavy atom. The van der Waals surface area contributed by atoms with Gasteiger partial charge >= 0.3 is 0 Å². The van der Waals surface area contributed by atoms with Gasteiger partial charge in [-0.2, -0.15) is 0 Å². The third-order valence-corrected chi connectivity index (χ3v) is 5.04. The Morgan fingerprint density at radius 3 is 2.32 bits per heavy atom. The number of nitrogens with one attached hydrogen (secondary N) is 2. The second-order valence-corrected chi connectivity index (χ2v) is 7.27. The number of benzene rings is 1. The first-order valence-corrected chi connectivity index (χ1v) is 9.46. The van der Waals surface area contributed by atoms with Gasteiger partial charge in [-0.1, -0.05) is 31.0 Å². The predicted molar refractivity (Wildman–Crippen MR) is 100 cm³/mol. The lowest BCUT2D eigenvalue weighted by Crippen LogP contribution is -2.96. The van der Waals surface area contributed by atoms with E-state index in [0.29, 0.717) is 6.04 Å². The molecule has 0 aliphatic heterocycles. The monoisotopic (exact) mass is 346 g/mol. The average molecular weight is 346 g/mol. The number of nitrogens with two attached hydrogens (primary N) is 1. The van der Waals surface area contributed by atoms with E-state index in [1.807, 2.05) is 39.0 Å². The van der Waals surface area contributed by atoms with Crippen LogP contribution in [0.1, 0.15) is 56.6 Å². The smallest absolute Gasteiger partial charge is 0.278 e. The van der Waals surface area contributed by atoms with Crippen molar-refractivity contribution >= 4 is 17.5 Å². The first kappa shape index (κ1) is 19.4. The van der Waals surface area contributed by atoms with E-state index in [0.717, 1.165) is 16.8 Å². The number of quaternary nitrogens is 1. The van der Waals surface area contributed by atoms with Gasteiger partial charge in [0.25, 0.3) is 5.91 Å². The molecule has 1 aromatic rings. The molecule has 1 atom stereocenters. The van der Waals surface area contributed by atoms with Gasteiger partial charge in [0.05, 0.1) is 12.6 Å². The Kier molecular flexibility index (Phi) is 7.44. The SMILES string of the molecule is Cc1cccc(C)c1NC(=O)CNC(=O)[C@@H](C)[NH2+]C1CCCCCC1. The Morgan fingerprint density at radius 1 is 1.12 bits per heavy atom. The highest BCUT2D eigenvalue weighted by molar-refractivity contribution is 5.96. The number of amides is 2. The fraction of sp³-hybridized carbons (Fsp3) is 0.600. The van der Waals surface area contributed by atoms with Crippen molar-refractivity contribution in [3.05, 3.63) is 29.3 Å². The van der Waals surface area contributed by atoms with E-state index in [9.17, 15) is 9.59 Å². The Bertz CT molecular complexity index is 572. The Hall–Kier alpha value is -1.88. The van der Waals surface area contributed by atoms with E-state index < -0.39 is 0 Å². The zero-order valence-electron chi connectivity index (χ0n) is 15.7. The van der Waals surface area contributed by atoms with Gasteiger partial charge in [0, 0.05) is 5.69 Å². The van der Waals surface area contributed by atoms with Gasteiger partial charge in [0.15, 0.2) is 6.04 Å². The van der Waals surface area contributed by atoms with Crippen LogP contribution < -0.4 is 16.0 Å². The summed E-state index contributed by atoms with van der Waals surface area (Å²) in [4.78, 5) is 24.4. The second-order valence-electron chi connectivity index (χ2n) is 7.27. The van der Waals surface area contributed by atoms with Crippen LogP contribution in [0.2, 0.25) is 0 Å². The van der Waals surface area contributed by atoms with Crippen molar-refractivity contribution in [3.63, 3.8) is 0 Å². The van der Waals surface area contributed by atoms with Crippen molar-refractivity contribution in [1.29, 1.82) is 0 Å². The van der Waals surface area contributed by atoms with Crippen LogP contribution in [0.3, 0.4) is 0 Å². The molecule has 0 heterocycles. The van der Waals surface area contributed by atoms with Crippen LogP contribution >= 0.6 is 0 Å². The molecule has 0 saturated heterocycles. The molecular weight excluding hydrogens is 314 g/mol. The molecular formula is C20H32N3O2+. The van der Waals surface area contributed by atoms with Crippen molar-refractivity contribution in [1.82, 2.24) is 5.32 Å². The summed E-state index contributed by atoms with van der Waals surface area (Å²) in [6.45, 7) is 5.86. The van der Waals surface area contributed by atoms with Crippen LogP contribution in [0.25, 0.3) is 0 Å². The van der Waals surface area contributed by atoms with Crippen molar-refractivity contribution in [3.8, 4) is 0 Å². The quantitative estimate of drug-likeness (QED) is 0.690. The minimum absolute atomic E-state index is 0.00938. The summed E-state index contributed by atoms with van der Waals surface area (Å²) >= 11 is 0. The van der Waals surface area contributed by atoms with Crippen molar-refractivity contribution in [2.45, 2.75) is 71.4 Å². The van der Waals surface area contributed by atoms with Crippen LogP contribution in [-0.2, 0) is 9.59 Å². The predicted octanol–water partition coefficient (Wildman–Crippen LogP) is 2.03. The Balaban J connectivity index is 1.77. The summed E-state index contributed by atoms with van der Waals surface area (Å²) in [6.07, 6.45) is 7.50. The van der Waals surface area contributed by atoms with Gasteiger partial charge < -0.3 is 16.0 Å². The molecule has 0 bridgehead atoms. The van der Waals surface area contributed by atoms with E-state index in [1.165, 1.54) is 38.5 Å². The first-order valence-electron chi connectivity index (χ1n) is 9.46. The van der Waals surface area contributed by atoms with Crippen molar-refractivity contribution in [2.24, 2.45) is 0 Å². The van der Waals surface area contributed by atoms with E-state index in [1.54, 1.807) is 0 Å². The van der Waals surface area contributed by atoms with Crippen LogP contribution in [0, 0.1) is 13.8 Å². The van der Waals surface area contributed by atoms with Gasteiger partial charge in [-0.3, -0.25) is 9.59 Å².